The van der Waals surface area contributed by atoms with E-state index in [4.69, 9.17) is 23.2 Å². The van der Waals surface area contributed by atoms with Gasteiger partial charge >= 0.3 is 0 Å². The average Bonchev–Trinajstić information content (AvgIpc) is 2.71. The molecule has 0 aliphatic heterocycles. The fourth-order valence-corrected chi connectivity index (χ4v) is 4.80. The van der Waals surface area contributed by atoms with E-state index in [2.05, 4.69) is 21.2 Å². The Kier molecular flexibility index (Phi) is 7.31. The highest BCUT2D eigenvalue weighted by Gasteiger charge is 2.27. The van der Waals surface area contributed by atoms with Gasteiger partial charge in [-0.15, -0.1) is 0 Å². The van der Waals surface area contributed by atoms with Crippen LogP contribution < -0.4 is 9.62 Å². The van der Waals surface area contributed by atoms with Crippen molar-refractivity contribution in [3.8, 4) is 0 Å². The Labute approximate surface area is 200 Å². The molecule has 0 aliphatic carbocycles. The molecule has 0 fully saturated rings. The Morgan fingerprint density at radius 3 is 2.26 bits per heavy atom. The summed E-state index contributed by atoms with van der Waals surface area (Å²) in [5.74, 6) is -0.505. The molecule has 0 atom stereocenters. The predicted molar refractivity (Wildman–Crippen MR) is 130 cm³/mol. The number of hydrogen-bond acceptors (Lipinski definition) is 3. The monoisotopic (exact) mass is 540 g/mol. The molecule has 5 nitrogen and oxygen atoms in total. The number of carbonyl (C=O) groups excluding carboxylic acids is 1. The molecular formula is C22H19BrCl2N2O3S. The van der Waals surface area contributed by atoms with Gasteiger partial charge in [0.2, 0.25) is 5.91 Å². The minimum Gasteiger partial charge on any atom is -0.324 e. The van der Waals surface area contributed by atoms with Crippen molar-refractivity contribution < 1.29 is 13.2 Å². The number of amides is 1. The molecule has 0 spiro atoms. The summed E-state index contributed by atoms with van der Waals surface area (Å²) in [6.45, 7) is 3.40. The molecule has 3 aromatic rings. The molecule has 1 N–H and O–H groups in total. The standard InChI is InChI=1S/C22H19BrCl2N2O3S/c1-14-3-7-18(11-15(14)2)27(31(29,30)19-8-4-16(24)5-9-19)13-22(28)26-17-6-10-20(23)21(25)12-17/h3-12H,13H2,1-2H3,(H,26,28). The summed E-state index contributed by atoms with van der Waals surface area (Å²) in [6.07, 6.45) is 0. The fraction of sp³-hybridized carbons (Fsp3) is 0.136. The van der Waals surface area contributed by atoms with Crippen LogP contribution in [-0.2, 0) is 14.8 Å². The number of anilines is 2. The van der Waals surface area contributed by atoms with Gasteiger partial charge in [-0.1, -0.05) is 29.3 Å². The molecule has 31 heavy (non-hydrogen) atoms. The van der Waals surface area contributed by atoms with Crippen LogP contribution in [0.5, 0.6) is 0 Å². The van der Waals surface area contributed by atoms with E-state index < -0.39 is 22.5 Å². The first kappa shape index (κ1) is 23.6. The van der Waals surface area contributed by atoms with Crippen LogP contribution in [0.15, 0.2) is 70.0 Å². The maximum atomic E-state index is 13.4. The van der Waals surface area contributed by atoms with Gasteiger partial charge in [0.25, 0.3) is 10.0 Å². The molecule has 0 unspecified atom stereocenters. The summed E-state index contributed by atoms with van der Waals surface area (Å²) in [4.78, 5) is 12.8. The van der Waals surface area contributed by atoms with Gasteiger partial charge < -0.3 is 5.32 Å². The maximum Gasteiger partial charge on any atom is 0.264 e. The highest BCUT2D eigenvalue weighted by atomic mass is 79.9. The summed E-state index contributed by atoms with van der Waals surface area (Å²) < 4.78 is 28.6. The first-order valence-corrected chi connectivity index (χ1v) is 12.2. The van der Waals surface area contributed by atoms with Gasteiger partial charge in [-0.25, -0.2) is 8.42 Å². The van der Waals surface area contributed by atoms with E-state index in [1.165, 1.54) is 24.3 Å². The van der Waals surface area contributed by atoms with Crippen molar-refractivity contribution in [1.82, 2.24) is 0 Å². The molecule has 0 radical (unpaired) electrons. The maximum absolute atomic E-state index is 13.4. The van der Waals surface area contributed by atoms with Crippen LogP contribution in [-0.4, -0.2) is 20.9 Å². The molecule has 0 aromatic heterocycles. The predicted octanol–water partition coefficient (Wildman–Crippen LogP) is 6.21. The Hall–Kier alpha value is -2.06. The van der Waals surface area contributed by atoms with E-state index in [9.17, 15) is 13.2 Å². The third-order valence-corrected chi connectivity index (χ3v) is 7.94. The van der Waals surface area contributed by atoms with Gasteiger partial charge in [-0.2, -0.15) is 0 Å². The van der Waals surface area contributed by atoms with Crippen LogP contribution in [0.2, 0.25) is 10.0 Å². The zero-order valence-corrected chi connectivity index (χ0v) is 20.6. The van der Waals surface area contributed by atoms with Gasteiger partial charge in [0.1, 0.15) is 6.54 Å². The third-order valence-electron chi connectivity index (χ3n) is 4.67. The minimum absolute atomic E-state index is 0.0367. The number of aryl methyl sites for hydroxylation is 2. The molecule has 0 saturated heterocycles. The molecule has 0 aliphatic rings. The zero-order chi connectivity index (χ0) is 22.8. The number of hydrogen-bond donors (Lipinski definition) is 1. The lowest BCUT2D eigenvalue weighted by atomic mass is 10.1. The van der Waals surface area contributed by atoms with Crippen LogP contribution >= 0.6 is 39.1 Å². The van der Waals surface area contributed by atoms with Crippen molar-refractivity contribution in [3.05, 3.63) is 86.3 Å². The van der Waals surface area contributed by atoms with Crippen molar-refractivity contribution in [2.45, 2.75) is 18.7 Å². The number of rotatable bonds is 6. The van der Waals surface area contributed by atoms with Crippen molar-refractivity contribution in [2.24, 2.45) is 0 Å². The van der Waals surface area contributed by atoms with Gasteiger partial charge in [-0.3, -0.25) is 9.10 Å². The lowest BCUT2D eigenvalue weighted by Crippen LogP contribution is -2.38. The fourth-order valence-electron chi connectivity index (χ4n) is 2.83. The second kappa shape index (κ2) is 9.61. The van der Waals surface area contributed by atoms with Crippen LogP contribution in [0.25, 0.3) is 0 Å². The summed E-state index contributed by atoms with van der Waals surface area (Å²) in [6, 6.07) is 16.0. The van der Waals surface area contributed by atoms with Crippen molar-refractivity contribution in [1.29, 1.82) is 0 Å². The minimum atomic E-state index is -4.02. The van der Waals surface area contributed by atoms with E-state index >= 15 is 0 Å². The largest absolute Gasteiger partial charge is 0.324 e. The molecule has 0 bridgehead atoms. The molecule has 0 heterocycles. The normalized spacial score (nSPS) is 11.3. The summed E-state index contributed by atoms with van der Waals surface area (Å²) in [5.41, 5.74) is 2.78. The highest BCUT2D eigenvalue weighted by molar-refractivity contribution is 9.10. The topological polar surface area (TPSA) is 66.5 Å². The van der Waals surface area contributed by atoms with E-state index in [0.717, 1.165) is 15.4 Å². The van der Waals surface area contributed by atoms with Gasteiger partial charge in [-0.05, 0) is 95.5 Å². The van der Waals surface area contributed by atoms with Crippen LogP contribution in [0.3, 0.4) is 0 Å². The third kappa shape index (κ3) is 5.60. The second-order valence-electron chi connectivity index (χ2n) is 6.91. The molecule has 162 valence electrons. The van der Waals surface area contributed by atoms with Crippen molar-refractivity contribution >= 4 is 66.4 Å². The Morgan fingerprint density at radius 2 is 1.65 bits per heavy atom. The van der Waals surface area contributed by atoms with Crippen molar-refractivity contribution in [2.75, 3.05) is 16.2 Å². The molecular weight excluding hydrogens is 523 g/mol. The second-order valence-corrected chi connectivity index (χ2v) is 10.5. The van der Waals surface area contributed by atoms with E-state index in [1.54, 1.807) is 30.3 Å². The Balaban J connectivity index is 1.97. The number of carbonyl (C=O) groups is 1. The lowest BCUT2D eigenvalue weighted by molar-refractivity contribution is -0.114. The van der Waals surface area contributed by atoms with Crippen LogP contribution in [0.4, 0.5) is 11.4 Å². The number of halogens is 3. The number of benzene rings is 3. The van der Waals surface area contributed by atoms with Gasteiger partial charge in [0.05, 0.1) is 15.6 Å². The van der Waals surface area contributed by atoms with Crippen LogP contribution in [0.1, 0.15) is 11.1 Å². The first-order valence-electron chi connectivity index (χ1n) is 9.18. The quantitative estimate of drug-likeness (QED) is 0.403. The SMILES string of the molecule is Cc1ccc(N(CC(=O)Nc2ccc(Br)c(Cl)c2)S(=O)(=O)c2ccc(Cl)cc2)cc1C. The summed E-state index contributed by atoms with van der Waals surface area (Å²) in [7, 11) is -4.02. The Bertz CT molecular complexity index is 1230. The lowest BCUT2D eigenvalue weighted by Gasteiger charge is -2.25. The zero-order valence-electron chi connectivity index (χ0n) is 16.7. The molecule has 9 heteroatoms. The van der Waals surface area contributed by atoms with E-state index in [1.807, 2.05) is 19.9 Å². The van der Waals surface area contributed by atoms with Crippen LogP contribution in [0, 0.1) is 13.8 Å². The van der Waals surface area contributed by atoms with E-state index in [0.29, 0.717) is 25.9 Å². The van der Waals surface area contributed by atoms with Gasteiger partial charge in [0, 0.05) is 15.2 Å². The molecule has 0 saturated carbocycles. The van der Waals surface area contributed by atoms with E-state index in [-0.39, 0.29) is 4.90 Å². The number of nitrogens with zero attached hydrogens (tertiary/aromatic N) is 1. The highest BCUT2D eigenvalue weighted by Crippen LogP contribution is 2.28. The first-order chi connectivity index (χ1) is 14.6. The average molecular weight is 542 g/mol. The van der Waals surface area contributed by atoms with Crippen molar-refractivity contribution in [3.63, 3.8) is 0 Å². The summed E-state index contributed by atoms with van der Waals surface area (Å²) >= 11 is 15.3. The summed E-state index contributed by atoms with van der Waals surface area (Å²) in [5, 5.41) is 3.54. The molecule has 3 rings (SSSR count). The Morgan fingerprint density at radius 1 is 0.968 bits per heavy atom. The van der Waals surface area contributed by atoms with Gasteiger partial charge in [0.15, 0.2) is 0 Å². The molecule has 1 amide bonds. The smallest absolute Gasteiger partial charge is 0.264 e. The number of nitrogens with one attached hydrogen (secondary N) is 1. The number of sulfonamides is 1. The molecule has 3 aromatic carbocycles.